The van der Waals surface area contributed by atoms with Crippen LogP contribution in [0.15, 0.2) is 24.3 Å². The summed E-state index contributed by atoms with van der Waals surface area (Å²) in [4.78, 5) is 0. The number of hydrogen-bond donors (Lipinski definition) is 1. The van der Waals surface area contributed by atoms with Crippen LogP contribution in [-0.2, 0) is 32.5 Å². The van der Waals surface area contributed by atoms with Gasteiger partial charge in [0, 0.05) is 23.9 Å². The van der Waals surface area contributed by atoms with E-state index in [1.165, 1.54) is 5.56 Å². The summed E-state index contributed by atoms with van der Waals surface area (Å²) >= 11 is 2.36. The van der Waals surface area contributed by atoms with Gasteiger partial charge < -0.3 is 5.11 Å². The molecule has 0 heterocycles. The normalized spacial score (nSPS) is 9.17. The minimum atomic E-state index is 0. The van der Waals surface area contributed by atoms with Crippen molar-refractivity contribution in [2.45, 2.75) is 13.0 Å². The summed E-state index contributed by atoms with van der Waals surface area (Å²) in [5.41, 5.74) is 2.33. The van der Waals surface area contributed by atoms with E-state index in [9.17, 15) is 0 Å². The SMILES string of the molecule is OCc1ccc(CCI)cc1.[Zn]. The van der Waals surface area contributed by atoms with Crippen molar-refractivity contribution in [2.75, 3.05) is 4.43 Å². The fourth-order valence-electron chi connectivity index (χ4n) is 0.920. The molecule has 1 aromatic rings. The Kier molecular flexibility index (Phi) is 7.30. The van der Waals surface area contributed by atoms with E-state index in [4.69, 9.17) is 5.11 Å². The number of aryl methyl sites for hydroxylation is 1. The van der Waals surface area contributed by atoms with Crippen molar-refractivity contribution in [1.29, 1.82) is 0 Å². The zero-order valence-corrected chi connectivity index (χ0v) is 12.1. The molecule has 0 saturated heterocycles. The molecule has 1 nitrogen and oxygen atoms in total. The first kappa shape index (κ1) is 12.5. The van der Waals surface area contributed by atoms with Gasteiger partial charge in [0.2, 0.25) is 0 Å². The largest absolute Gasteiger partial charge is 0.392 e. The molecule has 0 bridgehead atoms. The number of alkyl halides is 1. The van der Waals surface area contributed by atoms with Crippen molar-refractivity contribution >= 4 is 22.6 Å². The number of hydrogen-bond acceptors (Lipinski definition) is 1. The van der Waals surface area contributed by atoms with Gasteiger partial charge >= 0.3 is 0 Å². The van der Waals surface area contributed by atoms with Gasteiger partial charge in [0.05, 0.1) is 6.61 Å². The number of benzene rings is 1. The van der Waals surface area contributed by atoms with Crippen LogP contribution in [0.25, 0.3) is 0 Å². The number of halogens is 1. The second-order valence-corrected chi connectivity index (χ2v) is 3.49. The van der Waals surface area contributed by atoms with Crippen molar-refractivity contribution in [3.63, 3.8) is 0 Å². The second-order valence-electron chi connectivity index (χ2n) is 2.41. The molecule has 0 atom stereocenters. The molecule has 0 amide bonds. The first-order valence-corrected chi connectivity index (χ1v) is 5.14. The molecule has 1 N–H and O–H groups in total. The van der Waals surface area contributed by atoms with Crippen LogP contribution in [0.3, 0.4) is 0 Å². The maximum absolute atomic E-state index is 8.76. The van der Waals surface area contributed by atoms with Crippen molar-refractivity contribution in [2.24, 2.45) is 0 Å². The van der Waals surface area contributed by atoms with E-state index in [-0.39, 0.29) is 26.1 Å². The Balaban J connectivity index is 0.00000121. The summed E-state index contributed by atoms with van der Waals surface area (Å²) in [6, 6.07) is 8.09. The fourth-order valence-corrected chi connectivity index (χ4v) is 1.54. The van der Waals surface area contributed by atoms with Crippen molar-refractivity contribution in [3.05, 3.63) is 35.4 Å². The first-order chi connectivity index (χ1) is 5.36. The summed E-state index contributed by atoms with van der Waals surface area (Å²) in [5.74, 6) is 0. The Morgan fingerprint density at radius 1 is 1.08 bits per heavy atom. The van der Waals surface area contributed by atoms with Gasteiger partial charge in [-0.05, 0) is 17.5 Å². The average molecular weight is 327 g/mol. The third kappa shape index (κ3) is 3.97. The van der Waals surface area contributed by atoms with Crippen LogP contribution in [0, 0.1) is 0 Å². The second kappa shape index (κ2) is 6.99. The van der Waals surface area contributed by atoms with E-state index >= 15 is 0 Å². The topological polar surface area (TPSA) is 20.2 Å². The third-order valence-corrected chi connectivity index (χ3v) is 2.13. The van der Waals surface area contributed by atoms with Gasteiger partial charge in [0.1, 0.15) is 0 Å². The minimum Gasteiger partial charge on any atom is -0.392 e. The molecule has 1 rings (SSSR count). The third-order valence-electron chi connectivity index (χ3n) is 1.59. The molecular formula is C9H11IOZn. The van der Waals surface area contributed by atoms with Gasteiger partial charge in [-0.15, -0.1) is 0 Å². The Hall–Kier alpha value is 0.533. The molecule has 0 aliphatic rings. The van der Waals surface area contributed by atoms with Crippen molar-refractivity contribution in [1.82, 2.24) is 0 Å². The summed E-state index contributed by atoms with van der Waals surface area (Å²) < 4.78 is 1.15. The van der Waals surface area contributed by atoms with Gasteiger partial charge in [-0.2, -0.15) is 0 Å². The predicted octanol–water partition coefficient (Wildman–Crippen LogP) is 2.15. The maximum atomic E-state index is 8.76. The van der Waals surface area contributed by atoms with E-state index in [0.29, 0.717) is 0 Å². The maximum Gasteiger partial charge on any atom is 0.0681 e. The van der Waals surface area contributed by atoms with Gasteiger partial charge in [-0.1, -0.05) is 46.9 Å². The van der Waals surface area contributed by atoms with Crippen molar-refractivity contribution in [3.8, 4) is 0 Å². The van der Waals surface area contributed by atoms with E-state index in [0.717, 1.165) is 16.4 Å². The van der Waals surface area contributed by atoms with Gasteiger partial charge in [-0.3, -0.25) is 0 Å². The Labute approximate surface area is 99.5 Å². The van der Waals surface area contributed by atoms with E-state index in [1.54, 1.807) is 0 Å². The van der Waals surface area contributed by atoms with Gasteiger partial charge in [-0.25, -0.2) is 0 Å². The molecule has 0 radical (unpaired) electrons. The standard InChI is InChI=1S/C9H11IO.Zn/c10-6-5-8-1-3-9(7-11)4-2-8;/h1-4,11H,5-7H2;. The fraction of sp³-hybridized carbons (Fsp3) is 0.333. The predicted molar refractivity (Wildman–Crippen MR) is 55.0 cm³/mol. The zero-order valence-electron chi connectivity index (χ0n) is 6.96. The van der Waals surface area contributed by atoms with Gasteiger partial charge in [0.15, 0.2) is 0 Å². The summed E-state index contributed by atoms with van der Waals surface area (Å²) in [6.07, 6.45) is 1.12. The molecule has 62 valence electrons. The average Bonchev–Trinajstić information content (AvgIpc) is 2.07. The van der Waals surface area contributed by atoms with E-state index in [2.05, 4.69) is 34.7 Å². The van der Waals surface area contributed by atoms with Crippen molar-refractivity contribution < 1.29 is 24.6 Å². The van der Waals surface area contributed by atoms with Crippen LogP contribution >= 0.6 is 22.6 Å². The number of rotatable bonds is 3. The molecule has 0 fully saturated rings. The first-order valence-electron chi connectivity index (χ1n) is 3.61. The number of aliphatic hydroxyl groups excluding tert-OH is 1. The Morgan fingerprint density at radius 2 is 1.58 bits per heavy atom. The zero-order chi connectivity index (χ0) is 8.10. The minimum absolute atomic E-state index is 0. The molecule has 0 spiro atoms. The molecule has 0 saturated carbocycles. The molecule has 0 aliphatic carbocycles. The molecular weight excluding hydrogens is 316 g/mol. The monoisotopic (exact) mass is 326 g/mol. The van der Waals surface area contributed by atoms with Crippen LogP contribution in [-0.4, -0.2) is 9.53 Å². The summed E-state index contributed by atoms with van der Waals surface area (Å²) in [7, 11) is 0. The molecule has 0 unspecified atom stereocenters. The van der Waals surface area contributed by atoms with Crippen LogP contribution in [0.4, 0.5) is 0 Å². The molecule has 3 heteroatoms. The van der Waals surface area contributed by atoms with Crippen LogP contribution < -0.4 is 0 Å². The van der Waals surface area contributed by atoms with Crippen LogP contribution in [0.5, 0.6) is 0 Å². The molecule has 1 aromatic carbocycles. The number of aliphatic hydroxyl groups is 1. The summed E-state index contributed by atoms with van der Waals surface area (Å²) in [5, 5.41) is 8.76. The van der Waals surface area contributed by atoms with E-state index in [1.807, 2.05) is 12.1 Å². The van der Waals surface area contributed by atoms with Gasteiger partial charge in [0.25, 0.3) is 0 Å². The molecule has 0 aromatic heterocycles. The summed E-state index contributed by atoms with van der Waals surface area (Å²) in [6.45, 7) is 0.143. The smallest absolute Gasteiger partial charge is 0.0681 e. The molecule has 0 aliphatic heterocycles. The Bertz CT molecular complexity index is 210. The molecule has 12 heavy (non-hydrogen) atoms. The van der Waals surface area contributed by atoms with E-state index < -0.39 is 0 Å². The quantitative estimate of drug-likeness (QED) is 0.512. The Morgan fingerprint density at radius 3 is 2.00 bits per heavy atom. The van der Waals surface area contributed by atoms with Crippen LogP contribution in [0.1, 0.15) is 11.1 Å². The van der Waals surface area contributed by atoms with Crippen LogP contribution in [0.2, 0.25) is 0 Å².